The minimum absolute atomic E-state index is 0.0612. The minimum atomic E-state index is -0.357. The van der Waals surface area contributed by atoms with Gasteiger partial charge < -0.3 is 10.2 Å². The smallest absolute Gasteiger partial charge is 0.216 e. The molecule has 1 amide bonds. The summed E-state index contributed by atoms with van der Waals surface area (Å²) in [6, 6.07) is 9.93. The van der Waals surface area contributed by atoms with Crippen LogP contribution < -0.4 is 15.5 Å². The van der Waals surface area contributed by atoms with E-state index in [1.54, 1.807) is 0 Å². The molecule has 0 spiro atoms. The van der Waals surface area contributed by atoms with Crippen molar-refractivity contribution in [1.29, 1.82) is 5.26 Å². The van der Waals surface area contributed by atoms with Crippen LogP contribution in [0.3, 0.4) is 0 Å². The summed E-state index contributed by atoms with van der Waals surface area (Å²) in [5.74, 6) is -0.0612. The van der Waals surface area contributed by atoms with E-state index in [0.717, 1.165) is 18.7 Å². The van der Waals surface area contributed by atoms with Crippen LogP contribution in [0.25, 0.3) is 0 Å². The molecule has 1 atom stereocenters. The molecular formula is C16H24N4O. The molecule has 1 rings (SSSR count). The van der Waals surface area contributed by atoms with Gasteiger partial charge in [-0.2, -0.15) is 5.26 Å². The van der Waals surface area contributed by atoms with Crippen molar-refractivity contribution in [2.24, 2.45) is 0 Å². The standard InChI is InChI=1S/C16H24N4O/c1-4-20(5-2)15-8-6-14(7-9-15)16(12-17)19-11-10-18-13(3)21/h6-9,16,19H,4-5,10-11H2,1-3H3,(H,18,21). The topological polar surface area (TPSA) is 68.2 Å². The van der Waals surface area contributed by atoms with Crippen molar-refractivity contribution < 1.29 is 4.79 Å². The van der Waals surface area contributed by atoms with Crippen molar-refractivity contribution in [3.63, 3.8) is 0 Å². The van der Waals surface area contributed by atoms with Crippen LogP contribution in [0.5, 0.6) is 0 Å². The van der Waals surface area contributed by atoms with Crippen molar-refractivity contribution in [3.8, 4) is 6.07 Å². The third-order valence-corrected chi connectivity index (χ3v) is 3.33. The number of hydrogen-bond donors (Lipinski definition) is 2. The highest BCUT2D eigenvalue weighted by Crippen LogP contribution is 2.18. The third kappa shape index (κ3) is 5.44. The van der Waals surface area contributed by atoms with Crippen LogP contribution >= 0.6 is 0 Å². The fourth-order valence-corrected chi connectivity index (χ4v) is 2.16. The molecule has 1 aromatic carbocycles. The zero-order valence-corrected chi connectivity index (χ0v) is 13.0. The highest BCUT2D eigenvalue weighted by molar-refractivity contribution is 5.72. The molecule has 5 nitrogen and oxygen atoms in total. The molecule has 0 saturated heterocycles. The van der Waals surface area contributed by atoms with Gasteiger partial charge in [-0.3, -0.25) is 10.1 Å². The molecule has 0 bridgehead atoms. The first kappa shape index (κ1) is 17.0. The van der Waals surface area contributed by atoms with E-state index in [2.05, 4.69) is 35.5 Å². The SMILES string of the molecule is CCN(CC)c1ccc(C(C#N)NCCNC(C)=O)cc1. The average molecular weight is 288 g/mol. The first-order chi connectivity index (χ1) is 10.1. The van der Waals surface area contributed by atoms with E-state index in [4.69, 9.17) is 0 Å². The maximum atomic E-state index is 10.8. The van der Waals surface area contributed by atoms with Gasteiger partial charge in [-0.1, -0.05) is 12.1 Å². The van der Waals surface area contributed by atoms with Gasteiger partial charge in [0.1, 0.15) is 6.04 Å². The second kappa shape index (κ2) is 8.98. The van der Waals surface area contributed by atoms with Crippen molar-refractivity contribution in [2.45, 2.75) is 26.8 Å². The number of carbonyl (C=O) groups is 1. The largest absolute Gasteiger partial charge is 0.372 e. The van der Waals surface area contributed by atoms with Gasteiger partial charge in [0.2, 0.25) is 5.91 Å². The van der Waals surface area contributed by atoms with Gasteiger partial charge in [0.05, 0.1) is 6.07 Å². The van der Waals surface area contributed by atoms with Crippen LogP contribution in [0, 0.1) is 11.3 Å². The van der Waals surface area contributed by atoms with E-state index < -0.39 is 0 Å². The Morgan fingerprint density at radius 3 is 2.33 bits per heavy atom. The fraction of sp³-hybridized carbons (Fsp3) is 0.500. The Bertz CT molecular complexity index is 474. The van der Waals surface area contributed by atoms with Gasteiger partial charge in [0, 0.05) is 38.8 Å². The summed E-state index contributed by atoms with van der Waals surface area (Å²) in [4.78, 5) is 13.0. The lowest BCUT2D eigenvalue weighted by atomic mass is 10.1. The number of nitriles is 1. The molecule has 114 valence electrons. The fourth-order valence-electron chi connectivity index (χ4n) is 2.16. The van der Waals surface area contributed by atoms with Gasteiger partial charge in [-0.05, 0) is 31.5 Å². The zero-order valence-electron chi connectivity index (χ0n) is 13.0. The summed E-state index contributed by atoms with van der Waals surface area (Å²) in [6.45, 7) is 8.74. The van der Waals surface area contributed by atoms with Gasteiger partial charge in [0.15, 0.2) is 0 Å². The first-order valence-corrected chi connectivity index (χ1v) is 7.34. The van der Waals surface area contributed by atoms with Crippen molar-refractivity contribution >= 4 is 11.6 Å². The molecule has 0 aliphatic heterocycles. The summed E-state index contributed by atoms with van der Waals surface area (Å²) in [5.41, 5.74) is 2.11. The second-order valence-electron chi connectivity index (χ2n) is 4.76. The molecule has 5 heteroatoms. The molecule has 21 heavy (non-hydrogen) atoms. The average Bonchev–Trinajstić information content (AvgIpc) is 2.49. The highest BCUT2D eigenvalue weighted by Gasteiger charge is 2.10. The van der Waals surface area contributed by atoms with Crippen molar-refractivity contribution in [3.05, 3.63) is 29.8 Å². The predicted molar refractivity (Wildman–Crippen MR) is 85.0 cm³/mol. The number of nitrogens with one attached hydrogen (secondary N) is 2. The number of rotatable bonds is 8. The number of nitrogens with zero attached hydrogens (tertiary/aromatic N) is 2. The molecule has 0 heterocycles. The lowest BCUT2D eigenvalue weighted by Crippen LogP contribution is -2.32. The van der Waals surface area contributed by atoms with E-state index in [0.29, 0.717) is 13.1 Å². The molecule has 1 unspecified atom stereocenters. The van der Waals surface area contributed by atoms with E-state index in [1.807, 2.05) is 24.3 Å². The normalized spacial score (nSPS) is 11.5. The van der Waals surface area contributed by atoms with Gasteiger partial charge in [-0.15, -0.1) is 0 Å². The third-order valence-electron chi connectivity index (χ3n) is 3.33. The monoisotopic (exact) mass is 288 g/mol. The van der Waals surface area contributed by atoms with Crippen LogP contribution in [0.4, 0.5) is 5.69 Å². The van der Waals surface area contributed by atoms with Crippen LogP contribution in [-0.2, 0) is 4.79 Å². The number of hydrogen-bond acceptors (Lipinski definition) is 4. The van der Waals surface area contributed by atoms with E-state index in [1.165, 1.54) is 12.6 Å². The van der Waals surface area contributed by atoms with Crippen LogP contribution in [-0.4, -0.2) is 32.1 Å². The Balaban J connectivity index is 2.61. The Morgan fingerprint density at radius 1 is 1.24 bits per heavy atom. The number of benzene rings is 1. The Morgan fingerprint density at radius 2 is 1.86 bits per heavy atom. The molecule has 0 aromatic heterocycles. The van der Waals surface area contributed by atoms with E-state index in [9.17, 15) is 10.1 Å². The molecule has 1 aromatic rings. The van der Waals surface area contributed by atoms with Crippen molar-refractivity contribution in [2.75, 3.05) is 31.1 Å². The minimum Gasteiger partial charge on any atom is -0.372 e. The Labute approximate surface area is 126 Å². The summed E-state index contributed by atoms with van der Waals surface area (Å²) in [7, 11) is 0. The van der Waals surface area contributed by atoms with E-state index >= 15 is 0 Å². The van der Waals surface area contributed by atoms with Gasteiger partial charge in [0.25, 0.3) is 0 Å². The van der Waals surface area contributed by atoms with Gasteiger partial charge >= 0.3 is 0 Å². The molecule has 0 radical (unpaired) electrons. The molecule has 0 aliphatic rings. The summed E-state index contributed by atoms with van der Waals surface area (Å²) >= 11 is 0. The first-order valence-electron chi connectivity index (χ1n) is 7.34. The number of carbonyl (C=O) groups excluding carboxylic acids is 1. The predicted octanol–water partition coefficient (Wildman–Crippen LogP) is 1.82. The van der Waals surface area contributed by atoms with Gasteiger partial charge in [-0.25, -0.2) is 0 Å². The molecule has 2 N–H and O–H groups in total. The Kier molecular flexibility index (Phi) is 7.27. The second-order valence-corrected chi connectivity index (χ2v) is 4.76. The lowest BCUT2D eigenvalue weighted by Gasteiger charge is -2.21. The summed E-state index contributed by atoms with van der Waals surface area (Å²) < 4.78 is 0. The van der Waals surface area contributed by atoms with Crippen LogP contribution in [0.2, 0.25) is 0 Å². The molecular weight excluding hydrogens is 264 g/mol. The van der Waals surface area contributed by atoms with Crippen LogP contribution in [0.15, 0.2) is 24.3 Å². The number of amides is 1. The maximum absolute atomic E-state index is 10.8. The lowest BCUT2D eigenvalue weighted by molar-refractivity contribution is -0.118. The van der Waals surface area contributed by atoms with Crippen LogP contribution in [0.1, 0.15) is 32.4 Å². The molecule has 0 aliphatic carbocycles. The zero-order chi connectivity index (χ0) is 15.7. The quantitative estimate of drug-likeness (QED) is 0.716. The highest BCUT2D eigenvalue weighted by atomic mass is 16.1. The Hall–Kier alpha value is -2.06. The van der Waals surface area contributed by atoms with Crippen molar-refractivity contribution in [1.82, 2.24) is 10.6 Å². The summed E-state index contributed by atoms with van der Waals surface area (Å²) in [6.07, 6.45) is 0. The summed E-state index contributed by atoms with van der Waals surface area (Å²) in [5, 5.41) is 15.1. The maximum Gasteiger partial charge on any atom is 0.216 e. The van der Waals surface area contributed by atoms with E-state index in [-0.39, 0.29) is 11.9 Å². The molecule has 0 saturated carbocycles. The molecule has 0 fully saturated rings. The number of anilines is 1.